The molecule has 2 heterocycles. The van der Waals surface area contributed by atoms with E-state index in [1.807, 2.05) is 12.1 Å². The van der Waals surface area contributed by atoms with Crippen molar-refractivity contribution in [3.8, 4) is 0 Å². The van der Waals surface area contributed by atoms with E-state index in [2.05, 4.69) is 4.72 Å². The van der Waals surface area contributed by atoms with E-state index in [0.29, 0.717) is 32.2 Å². The third-order valence-electron chi connectivity index (χ3n) is 5.25. The topological polar surface area (TPSA) is 90.2 Å². The van der Waals surface area contributed by atoms with Crippen LogP contribution in [0.1, 0.15) is 5.56 Å². The molecule has 168 valence electrons. The lowest BCUT2D eigenvalue weighted by Gasteiger charge is -2.09. The Labute approximate surface area is 201 Å². The molecule has 7 nitrogen and oxygen atoms in total. The maximum absolute atomic E-state index is 13.0. The van der Waals surface area contributed by atoms with Gasteiger partial charge >= 0.3 is 9.75 Å². The van der Waals surface area contributed by atoms with E-state index in [1.54, 1.807) is 48.0 Å². The van der Waals surface area contributed by atoms with Gasteiger partial charge < -0.3 is 4.57 Å². The number of thiazole rings is 2. The lowest BCUT2D eigenvalue weighted by atomic mass is 10.2. The Bertz CT molecular complexity index is 1750. The highest BCUT2D eigenvalue weighted by Gasteiger charge is 2.18. The van der Waals surface area contributed by atoms with Crippen LogP contribution < -0.4 is 14.5 Å². The van der Waals surface area contributed by atoms with Gasteiger partial charge in [0.1, 0.15) is 0 Å². The molecule has 0 spiro atoms. The van der Waals surface area contributed by atoms with Gasteiger partial charge in [0.05, 0.1) is 37.6 Å². The van der Waals surface area contributed by atoms with Crippen molar-refractivity contribution in [1.29, 1.82) is 0 Å². The Morgan fingerprint density at radius 2 is 1.55 bits per heavy atom. The first-order chi connectivity index (χ1) is 15.7. The molecule has 33 heavy (non-hydrogen) atoms. The number of halogens is 1. The molecular weight excluding hydrogens is 502 g/mol. The van der Waals surface area contributed by atoms with Crippen LogP contribution in [0.4, 0.5) is 5.69 Å². The van der Waals surface area contributed by atoms with Crippen LogP contribution in [0, 0.1) is 0 Å². The van der Waals surface area contributed by atoms with E-state index < -0.39 is 10.0 Å². The molecule has 0 bridgehead atoms. The minimum Gasteiger partial charge on any atom is -0.302 e. The van der Waals surface area contributed by atoms with Crippen LogP contribution in [-0.4, -0.2) is 17.6 Å². The Kier molecular flexibility index (Phi) is 5.40. The summed E-state index contributed by atoms with van der Waals surface area (Å²) >= 11 is 7.98. The largest absolute Gasteiger partial charge is 0.308 e. The number of hydrogen-bond donors (Lipinski definition) is 1. The second-order valence-corrected chi connectivity index (χ2v) is 11.5. The van der Waals surface area contributed by atoms with Gasteiger partial charge in [-0.1, -0.05) is 46.4 Å². The summed E-state index contributed by atoms with van der Waals surface area (Å²) in [4.78, 5) is 24.2. The number of sulfonamides is 1. The standard InChI is InChI=1S/C22H16ClN3O4S3/c1-25-17-8-6-15(10-19(17)31-21(25)27)24-33(29,30)16-7-9-18-20(11-16)32-22(28)26(18)12-13-2-4-14(23)5-3-13/h2-11,24H,12H2,1H3. The predicted molar refractivity (Wildman–Crippen MR) is 135 cm³/mol. The summed E-state index contributed by atoms with van der Waals surface area (Å²) in [6.45, 7) is 0.361. The van der Waals surface area contributed by atoms with Crippen molar-refractivity contribution in [2.45, 2.75) is 11.4 Å². The zero-order valence-electron chi connectivity index (χ0n) is 17.1. The molecule has 0 aliphatic rings. The highest BCUT2D eigenvalue weighted by molar-refractivity contribution is 7.92. The van der Waals surface area contributed by atoms with Gasteiger partial charge in [0.15, 0.2) is 0 Å². The predicted octanol–water partition coefficient (Wildman–Crippen LogP) is 4.48. The molecule has 0 fully saturated rings. The van der Waals surface area contributed by atoms with E-state index >= 15 is 0 Å². The van der Waals surface area contributed by atoms with Crippen molar-refractivity contribution in [2.24, 2.45) is 7.05 Å². The average molecular weight is 518 g/mol. The first-order valence-electron chi connectivity index (χ1n) is 9.71. The third-order valence-corrected chi connectivity index (χ3v) is 8.82. The van der Waals surface area contributed by atoms with Crippen molar-refractivity contribution < 1.29 is 8.42 Å². The van der Waals surface area contributed by atoms with Crippen molar-refractivity contribution in [3.63, 3.8) is 0 Å². The second-order valence-electron chi connectivity index (χ2n) is 7.43. The maximum Gasteiger partial charge on any atom is 0.308 e. The Balaban J connectivity index is 1.47. The number of aryl methyl sites for hydroxylation is 1. The van der Waals surface area contributed by atoms with Crippen LogP contribution in [0.2, 0.25) is 5.02 Å². The minimum absolute atomic E-state index is 0.0521. The van der Waals surface area contributed by atoms with E-state index in [-0.39, 0.29) is 14.6 Å². The number of fused-ring (bicyclic) bond motifs is 2. The van der Waals surface area contributed by atoms with Crippen molar-refractivity contribution in [1.82, 2.24) is 9.13 Å². The average Bonchev–Trinajstić information content (AvgIpc) is 3.24. The molecule has 0 atom stereocenters. The van der Waals surface area contributed by atoms with Crippen LogP contribution in [0.3, 0.4) is 0 Å². The van der Waals surface area contributed by atoms with Gasteiger partial charge in [-0.05, 0) is 54.1 Å². The lowest BCUT2D eigenvalue weighted by molar-refractivity contribution is 0.601. The molecule has 0 aliphatic carbocycles. The molecule has 0 saturated heterocycles. The highest BCUT2D eigenvalue weighted by atomic mass is 35.5. The molecule has 0 aliphatic heterocycles. The van der Waals surface area contributed by atoms with Crippen LogP contribution in [-0.2, 0) is 23.6 Å². The maximum atomic E-state index is 13.0. The van der Waals surface area contributed by atoms with Crippen LogP contribution in [0.15, 0.2) is 75.1 Å². The quantitative estimate of drug-likeness (QED) is 0.372. The van der Waals surface area contributed by atoms with Gasteiger partial charge in [0.2, 0.25) is 0 Å². The summed E-state index contributed by atoms with van der Waals surface area (Å²) in [5, 5.41) is 0.615. The summed E-state index contributed by atoms with van der Waals surface area (Å²) < 4.78 is 33.0. The summed E-state index contributed by atoms with van der Waals surface area (Å²) in [6, 6.07) is 16.8. The molecule has 5 aromatic rings. The van der Waals surface area contributed by atoms with Gasteiger partial charge in [0, 0.05) is 12.1 Å². The van der Waals surface area contributed by atoms with Gasteiger partial charge in [-0.3, -0.25) is 18.9 Å². The number of rotatable bonds is 5. The number of hydrogen-bond acceptors (Lipinski definition) is 6. The fourth-order valence-corrected chi connectivity index (χ4v) is 6.67. The zero-order valence-corrected chi connectivity index (χ0v) is 20.3. The Morgan fingerprint density at radius 3 is 2.30 bits per heavy atom. The summed E-state index contributed by atoms with van der Waals surface area (Å²) in [5.41, 5.74) is 2.67. The van der Waals surface area contributed by atoms with Crippen molar-refractivity contribution in [3.05, 3.63) is 90.6 Å². The molecule has 11 heteroatoms. The fraction of sp³-hybridized carbons (Fsp3) is 0.0909. The first-order valence-corrected chi connectivity index (χ1v) is 13.2. The van der Waals surface area contributed by atoms with E-state index in [4.69, 9.17) is 11.6 Å². The number of anilines is 1. The SMILES string of the molecule is Cn1c(=O)sc2cc(NS(=O)(=O)c3ccc4c(c3)sc(=O)n4Cc3ccc(Cl)cc3)ccc21. The highest BCUT2D eigenvalue weighted by Crippen LogP contribution is 2.26. The number of aromatic nitrogens is 2. The summed E-state index contributed by atoms with van der Waals surface area (Å²) in [7, 11) is -2.22. The normalized spacial score (nSPS) is 11.9. The number of nitrogens with one attached hydrogen (secondary N) is 1. The van der Waals surface area contributed by atoms with E-state index in [1.165, 1.54) is 16.7 Å². The van der Waals surface area contributed by atoms with Crippen LogP contribution in [0.5, 0.6) is 0 Å². The molecule has 0 saturated carbocycles. The van der Waals surface area contributed by atoms with Gasteiger partial charge in [-0.15, -0.1) is 0 Å². The molecule has 0 radical (unpaired) electrons. The first kappa shape index (κ1) is 21.9. The zero-order chi connectivity index (χ0) is 23.3. The molecule has 2 aromatic heterocycles. The summed E-state index contributed by atoms with van der Waals surface area (Å²) in [5.74, 6) is 0. The summed E-state index contributed by atoms with van der Waals surface area (Å²) in [6.07, 6.45) is 0. The van der Waals surface area contributed by atoms with E-state index in [0.717, 1.165) is 33.8 Å². The molecule has 0 unspecified atom stereocenters. The fourth-order valence-electron chi connectivity index (χ4n) is 3.55. The van der Waals surface area contributed by atoms with Crippen LogP contribution in [0.25, 0.3) is 20.4 Å². The molecule has 3 aromatic carbocycles. The van der Waals surface area contributed by atoms with Crippen molar-refractivity contribution >= 4 is 70.4 Å². The molecule has 1 N–H and O–H groups in total. The number of nitrogens with zero attached hydrogens (tertiary/aromatic N) is 2. The number of benzene rings is 3. The van der Waals surface area contributed by atoms with E-state index in [9.17, 15) is 18.0 Å². The van der Waals surface area contributed by atoms with Gasteiger partial charge in [0.25, 0.3) is 10.0 Å². The molecule has 5 rings (SSSR count). The van der Waals surface area contributed by atoms with Gasteiger partial charge in [-0.2, -0.15) is 0 Å². The Morgan fingerprint density at radius 1 is 0.879 bits per heavy atom. The third kappa shape index (κ3) is 4.10. The second kappa shape index (κ2) is 8.14. The van der Waals surface area contributed by atoms with Crippen molar-refractivity contribution in [2.75, 3.05) is 4.72 Å². The lowest BCUT2D eigenvalue weighted by Crippen LogP contribution is -2.14. The minimum atomic E-state index is -3.89. The Hall–Kier alpha value is -2.92. The van der Waals surface area contributed by atoms with Gasteiger partial charge in [-0.25, -0.2) is 8.42 Å². The monoisotopic (exact) mass is 517 g/mol. The smallest absolute Gasteiger partial charge is 0.302 e. The molecule has 0 amide bonds. The van der Waals surface area contributed by atoms with Crippen LogP contribution >= 0.6 is 34.3 Å². The molecular formula is C22H16ClN3O4S3.